The third-order valence-electron chi connectivity index (χ3n) is 6.46. The van der Waals surface area contributed by atoms with Crippen molar-refractivity contribution in [3.8, 4) is 11.5 Å². The summed E-state index contributed by atoms with van der Waals surface area (Å²) in [6, 6.07) is 13.1. The number of hydrogen-bond donors (Lipinski definition) is 0. The summed E-state index contributed by atoms with van der Waals surface area (Å²) in [4.78, 5) is 15.0. The maximum Gasteiger partial charge on any atom is 0.227 e. The van der Waals surface area contributed by atoms with Crippen LogP contribution in [0.5, 0.6) is 11.5 Å². The van der Waals surface area contributed by atoms with Crippen molar-refractivity contribution in [3.63, 3.8) is 0 Å². The number of ether oxygens (including phenoxy) is 3. The van der Waals surface area contributed by atoms with Crippen LogP contribution in [0.15, 0.2) is 42.5 Å². The lowest BCUT2D eigenvalue weighted by atomic mass is 9.88. The zero-order valence-electron chi connectivity index (χ0n) is 20.0. The second kappa shape index (κ2) is 9.94. The van der Waals surface area contributed by atoms with Crippen molar-refractivity contribution in [1.82, 2.24) is 0 Å². The second-order valence-corrected chi connectivity index (χ2v) is 10.1. The number of fused-ring (bicyclic) bond motifs is 2. The number of rotatable bonds is 5. The Hall–Kier alpha value is -2.24. The van der Waals surface area contributed by atoms with Crippen molar-refractivity contribution in [2.24, 2.45) is 0 Å². The van der Waals surface area contributed by atoms with Gasteiger partial charge in [0, 0.05) is 29.1 Å². The lowest BCUT2D eigenvalue weighted by Gasteiger charge is -2.42. The number of halogens is 1. The molecule has 1 saturated heterocycles. The van der Waals surface area contributed by atoms with E-state index in [2.05, 4.69) is 0 Å². The molecule has 2 aromatic rings. The van der Waals surface area contributed by atoms with E-state index in [1.165, 1.54) is 19.3 Å². The quantitative estimate of drug-likeness (QED) is 0.454. The summed E-state index contributed by atoms with van der Waals surface area (Å²) >= 11 is 6.27. The Morgan fingerprint density at radius 2 is 1.85 bits per heavy atom. The van der Waals surface area contributed by atoms with E-state index < -0.39 is 0 Å². The van der Waals surface area contributed by atoms with Crippen LogP contribution in [0.25, 0.3) is 0 Å². The molecule has 3 aliphatic rings. The van der Waals surface area contributed by atoms with Crippen molar-refractivity contribution >= 4 is 23.2 Å². The van der Waals surface area contributed by atoms with E-state index in [0.29, 0.717) is 30.1 Å². The highest BCUT2D eigenvalue weighted by atomic mass is 35.5. The molecule has 2 aliphatic heterocycles. The predicted molar refractivity (Wildman–Crippen MR) is 131 cm³/mol. The minimum absolute atomic E-state index is 0.0938. The fourth-order valence-electron chi connectivity index (χ4n) is 4.80. The molecule has 6 heteroatoms. The molecule has 1 amide bonds. The van der Waals surface area contributed by atoms with Gasteiger partial charge in [0.2, 0.25) is 5.91 Å². The Kier molecular flexibility index (Phi) is 7.20. The smallest absolute Gasteiger partial charge is 0.227 e. The van der Waals surface area contributed by atoms with Crippen LogP contribution in [0.3, 0.4) is 0 Å². The predicted octanol–water partition coefficient (Wildman–Crippen LogP) is 6.72. The van der Waals surface area contributed by atoms with Crippen molar-refractivity contribution in [3.05, 3.63) is 53.1 Å². The molecule has 0 aromatic heterocycles. The molecule has 0 radical (unpaired) electrons. The number of amides is 1. The van der Waals surface area contributed by atoms with Gasteiger partial charge in [0.15, 0.2) is 0 Å². The Bertz CT molecular complexity index is 967. The highest BCUT2D eigenvalue weighted by molar-refractivity contribution is 6.30. The van der Waals surface area contributed by atoms with Crippen molar-refractivity contribution in [2.75, 3.05) is 12.0 Å². The van der Waals surface area contributed by atoms with Gasteiger partial charge >= 0.3 is 0 Å². The number of carbonyl (C=O) groups excluding carboxylic acids is 1. The maximum atomic E-state index is 13.1. The molecule has 3 atom stereocenters. The number of carbonyl (C=O) groups is 1. The topological polar surface area (TPSA) is 51.3 Å². The summed E-state index contributed by atoms with van der Waals surface area (Å²) in [5.41, 5.74) is 1.41. The van der Waals surface area contributed by atoms with Crippen molar-refractivity contribution in [2.45, 2.75) is 83.1 Å². The number of epoxide rings is 1. The normalized spacial score (nSPS) is 23.8. The number of benzene rings is 2. The molecule has 178 valence electrons. The van der Waals surface area contributed by atoms with E-state index in [1.807, 2.05) is 68.1 Å². The Morgan fingerprint density at radius 3 is 2.39 bits per heavy atom. The van der Waals surface area contributed by atoms with E-state index in [9.17, 15) is 4.79 Å². The molecular formula is C27H34ClNO4. The lowest BCUT2D eigenvalue weighted by Crippen LogP contribution is -2.44. The Labute approximate surface area is 202 Å². The van der Waals surface area contributed by atoms with Crippen LogP contribution in [0.4, 0.5) is 5.69 Å². The SMILES string of the molecule is C1CC2OC2C1.CCCC(=O)N(c1ccc(OC)cc1)C1CC(C)(C)Oc2ccc(Cl)cc21. The highest BCUT2D eigenvalue weighted by Crippen LogP contribution is 2.45. The minimum atomic E-state index is -0.386. The van der Waals surface area contributed by atoms with Crippen LogP contribution in [0, 0.1) is 0 Å². The van der Waals surface area contributed by atoms with Gasteiger partial charge in [-0.25, -0.2) is 0 Å². The van der Waals surface area contributed by atoms with Gasteiger partial charge in [0.1, 0.15) is 17.1 Å². The van der Waals surface area contributed by atoms with E-state index >= 15 is 0 Å². The van der Waals surface area contributed by atoms with Crippen LogP contribution >= 0.6 is 11.6 Å². The molecule has 2 heterocycles. The number of methoxy groups -OCH3 is 1. The van der Waals surface area contributed by atoms with Gasteiger partial charge in [-0.1, -0.05) is 18.5 Å². The molecule has 0 spiro atoms. The summed E-state index contributed by atoms with van der Waals surface area (Å²) in [5, 5.41) is 0.639. The molecule has 2 fully saturated rings. The van der Waals surface area contributed by atoms with Crippen LogP contribution in [0.2, 0.25) is 5.02 Å². The largest absolute Gasteiger partial charge is 0.497 e. The molecule has 0 bridgehead atoms. The number of hydrogen-bond acceptors (Lipinski definition) is 4. The van der Waals surface area contributed by atoms with Crippen LogP contribution in [0.1, 0.15) is 70.9 Å². The van der Waals surface area contributed by atoms with E-state index in [0.717, 1.165) is 29.2 Å². The molecule has 3 unspecified atom stereocenters. The number of anilines is 1. The summed E-state index contributed by atoms with van der Waals surface area (Å²) in [6.45, 7) is 6.12. The summed E-state index contributed by atoms with van der Waals surface area (Å²) in [7, 11) is 1.63. The zero-order chi connectivity index (χ0) is 23.6. The molecular weight excluding hydrogens is 438 g/mol. The number of nitrogens with zero attached hydrogens (tertiary/aromatic N) is 1. The van der Waals surface area contributed by atoms with Crippen LogP contribution < -0.4 is 14.4 Å². The lowest BCUT2D eigenvalue weighted by molar-refractivity contribution is -0.119. The fourth-order valence-corrected chi connectivity index (χ4v) is 4.98. The van der Waals surface area contributed by atoms with Crippen molar-refractivity contribution in [1.29, 1.82) is 0 Å². The Morgan fingerprint density at radius 1 is 1.15 bits per heavy atom. The first-order valence-corrected chi connectivity index (χ1v) is 12.3. The summed E-state index contributed by atoms with van der Waals surface area (Å²) < 4.78 is 16.6. The van der Waals surface area contributed by atoms with Gasteiger partial charge in [-0.2, -0.15) is 0 Å². The molecule has 5 nitrogen and oxygen atoms in total. The maximum absolute atomic E-state index is 13.1. The van der Waals surface area contributed by atoms with Gasteiger partial charge in [-0.05, 0) is 82.0 Å². The third kappa shape index (κ3) is 5.64. The standard InChI is InChI=1S/C22H26ClNO3.C5H8O/c1-5-6-21(25)24(16-8-10-17(26-4)11-9-16)19-14-22(2,3)27-20-12-7-15(23)13-18(19)20;1-2-4-5(3-1)6-4/h7-13,19H,5-6,14H2,1-4H3;4-5H,1-3H2. The molecule has 0 N–H and O–H groups in total. The molecule has 2 aromatic carbocycles. The first-order valence-electron chi connectivity index (χ1n) is 11.9. The van der Waals surface area contributed by atoms with Gasteiger partial charge in [-0.15, -0.1) is 0 Å². The van der Waals surface area contributed by atoms with E-state index in [1.54, 1.807) is 7.11 Å². The van der Waals surface area contributed by atoms with E-state index in [-0.39, 0.29) is 17.6 Å². The average Bonchev–Trinajstić information content (AvgIpc) is 3.39. The second-order valence-electron chi connectivity index (χ2n) is 9.62. The van der Waals surface area contributed by atoms with Crippen LogP contribution in [-0.2, 0) is 9.53 Å². The summed E-state index contributed by atoms with van der Waals surface area (Å²) in [5.74, 6) is 1.64. The molecule has 33 heavy (non-hydrogen) atoms. The fraction of sp³-hybridized carbons (Fsp3) is 0.519. The molecule has 5 rings (SSSR count). The van der Waals surface area contributed by atoms with Gasteiger partial charge in [-0.3, -0.25) is 4.79 Å². The van der Waals surface area contributed by atoms with Gasteiger partial charge < -0.3 is 19.1 Å². The average molecular weight is 472 g/mol. The van der Waals surface area contributed by atoms with Crippen molar-refractivity contribution < 1.29 is 19.0 Å². The summed E-state index contributed by atoms with van der Waals surface area (Å²) in [6.07, 6.45) is 7.47. The highest BCUT2D eigenvalue weighted by Gasteiger charge is 2.42. The minimum Gasteiger partial charge on any atom is -0.497 e. The van der Waals surface area contributed by atoms with Crippen LogP contribution in [-0.4, -0.2) is 30.8 Å². The first-order chi connectivity index (χ1) is 15.8. The molecule has 1 saturated carbocycles. The van der Waals surface area contributed by atoms with Gasteiger partial charge in [0.25, 0.3) is 0 Å². The third-order valence-corrected chi connectivity index (χ3v) is 6.70. The monoisotopic (exact) mass is 471 g/mol. The van der Waals surface area contributed by atoms with Gasteiger partial charge in [0.05, 0.1) is 25.4 Å². The zero-order valence-corrected chi connectivity index (χ0v) is 20.7. The van der Waals surface area contributed by atoms with E-state index in [4.69, 9.17) is 25.8 Å². The molecule has 1 aliphatic carbocycles. The Balaban J connectivity index is 0.000000367. The first kappa shape index (κ1) is 23.9.